The van der Waals surface area contributed by atoms with Gasteiger partial charge in [-0.15, -0.1) is 0 Å². The molecule has 0 spiro atoms. The molecule has 0 N–H and O–H groups in total. The van der Waals surface area contributed by atoms with E-state index in [4.69, 9.17) is 16.3 Å². The van der Waals surface area contributed by atoms with Crippen LogP contribution < -0.4 is 0 Å². The third kappa shape index (κ3) is 1.93. The van der Waals surface area contributed by atoms with Crippen molar-refractivity contribution in [2.45, 2.75) is 18.9 Å². The van der Waals surface area contributed by atoms with Crippen LogP contribution in [-0.2, 0) is 9.53 Å². The Morgan fingerprint density at radius 3 is 2.86 bits per heavy atom. The minimum Gasteiger partial charge on any atom is -0.457 e. The number of hydrogen-bond donors (Lipinski definition) is 0. The maximum Gasteiger partial charge on any atom is 0.306 e. The number of halogens is 2. The predicted octanol–water partition coefficient (Wildman–Crippen LogP) is 3.48. The molecule has 1 aromatic carbocycles. The van der Waals surface area contributed by atoms with Gasteiger partial charge < -0.3 is 4.74 Å². The van der Waals surface area contributed by atoms with E-state index in [9.17, 15) is 4.79 Å². The third-order valence-electron chi connectivity index (χ3n) is 2.20. The summed E-state index contributed by atoms with van der Waals surface area (Å²) in [5, 5.41) is 0.644. The van der Waals surface area contributed by atoms with Gasteiger partial charge in [0, 0.05) is 10.9 Å². The number of carbonyl (C=O) groups excluding carboxylic acids is 1. The van der Waals surface area contributed by atoms with E-state index in [0.29, 0.717) is 11.4 Å². The first kappa shape index (κ1) is 9.99. The Morgan fingerprint density at radius 1 is 1.50 bits per heavy atom. The highest BCUT2D eigenvalue weighted by Crippen LogP contribution is 2.33. The summed E-state index contributed by atoms with van der Waals surface area (Å²) >= 11 is 9.25. The molecule has 2 rings (SSSR count). The molecule has 0 aliphatic carbocycles. The molecule has 2 nitrogen and oxygen atoms in total. The SMILES string of the molecule is O=C1CCC(c2ccc(Br)c(Cl)c2)O1. The van der Waals surface area contributed by atoms with Crippen molar-refractivity contribution in [3.63, 3.8) is 0 Å². The van der Waals surface area contributed by atoms with Crippen LogP contribution in [0.25, 0.3) is 0 Å². The summed E-state index contributed by atoms with van der Waals surface area (Å²) in [7, 11) is 0. The van der Waals surface area contributed by atoms with Crippen LogP contribution in [0, 0.1) is 0 Å². The van der Waals surface area contributed by atoms with Crippen LogP contribution in [0.5, 0.6) is 0 Å². The second-order valence-corrected chi connectivity index (χ2v) is 4.45. The Morgan fingerprint density at radius 2 is 2.29 bits per heavy atom. The second-order valence-electron chi connectivity index (χ2n) is 3.19. The predicted molar refractivity (Wildman–Crippen MR) is 57.2 cm³/mol. The van der Waals surface area contributed by atoms with Crippen molar-refractivity contribution >= 4 is 33.5 Å². The van der Waals surface area contributed by atoms with E-state index in [-0.39, 0.29) is 12.1 Å². The molecule has 1 aliphatic rings. The molecular formula is C10H8BrClO2. The lowest BCUT2D eigenvalue weighted by atomic mass is 10.1. The lowest BCUT2D eigenvalue weighted by molar-refractivity contribution is -0.141. The molecule has 0 saturated carbocycles. The number of ether oxygens (including phenoxy) is 1. The first-order valence-corrected chi connectivity index (χ1v) is 5.48. The largest absolute Gasteiger partial charge is 0.457 e. The van der Waals surface area contributed by atoms with Crippen LogP contribution in [0.4, 0.5) is 0 Å². The summed E-state index contributed by atoms with van der Waals surface area (Å²) in [4.78, 5) is 10.9. The van der Waals surface area contributed by atoms with Crippen molar-refractivity contribution < 1.29 is 9.53 Å². The molecule has 1 heterocycles. The van der Waals surface area contributed by atoms with Crippen LogP contribution in [0.1, 0.15) is 24.5 Å². The highest BCUT2D eigenvalue weighted by atomic mass is 79.9. The fourth-order valence-corrected chi connectivity index (χ4v) is 1.91. The first-order chi connectivity index (χ1) is 6.66. The van der Waals surface area contributed by atoms with Crippen molar-refractivity contribution in [2.24, 2.45) is 0 Å². The lowest BCUT2D eigenvalue weighted by Crippen LogP contribution is -1.98. The Hall–Kier alpha value is -0.540. The Kier molecular flexibility index (Phi) is 2.79. The van der Waals surface area contributed by atoms with Crippen LogP contribution in [0.15, 0.2) is 22.7 Å². The Bertz CT molecular complexity index is 378. The molecule has 0 bridgehead atoms. The van der Waals surface area contributed by atoms with Gasteiger partial charge in [-0.25, -0.2) is 0 Å². The number of hydrogen-bond acceptors (Lipinski definition) is 2. The molecule has 4 heteroatoms. The second kappa shape index (κ2) is 3.91. The smallest absolute Gasteiger partial charge is 0.306 e. The van der Waals surface area contributed by atoms with E-state index in [1.165, 1.54) is 0 Å². The minimum absolute atomic E-state index is 0.118. The van der Waals surface area contributed by atoms with Crippen LogP contribution in [-0.4, -0.2) is 5.97 Å². The standard InChI is InChI=1S/C10H8BrClO2/c11-7-2-1-6(5-8(7)12)9-3-4-10(13)14-9/h1-2,5,9H,3-4H2. The first-order valence-electron chi connectivity index (χ1n) is 4.31. The monoisotopic (exact) mass is 274 g/mol. The normalized spacial score (nSPS) is 21.0. The summed E-state index contributed by atoms with van der Waals surface area (Å²) in [5.74, 6) is -0.131. The van der Waals surface area contributed by atoms with Crippen LogP contribution in [0.3, 0.4) is 0 Å². The van der Waals surface area contributed by atoms with E-state index in [0.717, 1.165) is 16.5 Å². The van der Waals surface area contributed by atoms with Crippen molar-refractivity contribution in [3.05, 3.63) is 33.3 Å². The molecular weight excluding hydrogens is 267 g/mol. The van der Waals surface area contributed by atoms with Gasteiger partial charge in [0.25, 0.3) is 0 Å². The average Bonchev–Trinajstić information content (AvgIpc) is 2.57. The molecule has 1 fully saturated rings. The number of esters is 1. The van der Waals surface area contributed by atoms with Crippen molar-refractivity contribution in [3.8, 4) is 0 Å². The fourth-order valence-electron chi connectivity index (χ4n) is 1.47. The molecule has 1 unspecified atom stereocenters. The lowest BCUT2D eigenvalue weighted by Gasteiger charge is -2.09. The van der Waals surface area contributed by atoms with Gasteiger partial charge in [-0.05, 0) is 40.0 Å². The summed E-state index contributed by atoms with van der Waals surface area (Å²) in [6, 6.07) is 5.61. The molecule has 1 saturated heterocycles. The van der Waals surface area contributed by atoms with Gasteiger partial charge >= 0.3 is 5.97 Å². The van der Waals surface area contributed by atoms with Gasteiger partial charge in [0.2, 0.25) is 0 Å². The highest BCUT2D eigenvalue weighted by Gasteiger charge is 2.24. The summed E-state index contributed by atoms with van der Waals surface area (Å²) in [6.45, 7) is 0. The quantitative estimate of drug-likeness (QED) is 0.734. The molecule has 1 aliphatic heterocycles. The van der Waals surface area contributed by atoms with Gasteiger partial charge in [0.1, 0.15) is 6.10 Å². The van der Waals surface area contributed by atoms with Crippen molar-refractivity contribution in [2.75, 3.05) is 0 Å². The zero-order valence-electron chi connectivity index (χ0n) is 7.30. The van der Waals surface area contributed by atoms with Gasteiger partial charge in [-0.2, -0.15) is 0 Å². The molecule has 74 valence electrons. The zero-order valence-corrected chi connectivity index (χ0v) is 9.64. The molecule has 1 aromatic rings. The summed E-state index contributed by atoms with van der Waals surface area (Å²) < 4.78 is 5.98. The fraction of sp³-hybridized carbons (Fsp3) is 0.300. The molecule has 14 heavy (non-hydrogen) atoms. The number of carbonyl (C=O) groups is 1. The number of benzene rings is 1. The maximum absolute atomic E-state index is 10.9. The van der Waals surface area contributed by atoms with E-state index in [1.54, 1.807) is 0 Å². The van der Waals surface area contributed by atoms with E-state index in [1.807, 2.05) is 18.2 Å². The average molecular weight is 276 g/mol. The third-order valence-corrected chi connectivity index (χ3v) is 3.43. The van der Waals surface area contributed by atoms with E-state index >= 15 is 0 Å². The summed E-state index contributed by atoms with van der Waals surface area (Å²) in [6.07, 6.45) is 1.13. The topological polar surface area (TPSA) is 26.3 Å². The van der Waals surface area contributed by atoms with Crippen LogP contribution >= 0.6 is 27.5 Å². The number of rotatable bonds is 1. The highest BCUT2D eigenvalue weighted by molar-refractivity contribution is 9.10. The molecule has 0 amide bonds. The number of cyclic esters (lactones) is 1. The Balaban J connectivity index is 2.24. The van der Waals surface area contributed by atoms with Gasteiger partial charge in [0.15, 0.2) is 0 Å². The summed E-state index contributed by atoms with van der Waals surface area (Å²) in [5.41, 5.74) is 0.962. The van der Waals surface area contributed by atoms with Crippen molar-refractivity contribution in [1.82, 2.24) is 0 Å². The zero-order chi connectivity index (χ0) is 10.1. The van der Waals surface area contributed by atoms with Crippen molar-refractivity contribution in [1.29, 1.82) is 0 Å². The molecule has 0 radical (unpaired) electrons. The van der Waals surface area contributed by atoms with Crippen LogP contribution in [0.2, 0.25) is 5.02 Å². The van der Waals surface area contributed by atoms with E-state index < -0.39 is 0 Å². The Labute approximate surface area is 95.3 Å². The molecule has 0 aromatic heterocycles. The van der Waals surface area contributed by atoms with Gasteiger partial charge in [-0.1, -0.05) is 17.7 Å². The molecule has 1 atom stereocenters. The maximum atomic E-state index is 10.9. The van der Waals surface area contributed by atoms with Gasteiger partial charge in [-0.3, -0.25) is 4.79 Å². The van der Waals surface area contributed by atoms with E-state index in [2.05, 4.69) is 15.9 Å². The minimum atomic E-state index is -0.131. The van der Waals surface area contributed by atoms with Gasteiger partial charge in [0.05, 0.1) is 5.02 Å².